The number of nitrogens with zero attached hydrogens (tertiary/aromatic N) is 2. The summed E-state index contributed by atoms with van der Waals surface area (Å²) < 4.78 is 11.4. The van der Waals surface area contributed by atoms with Crippen LogP contribution in [0.2, 0.25) is 0 Å². The van der Waals surface area contributed by atoms with E-state index in [1.807, 2.05) is 30.3 Å². The minimum absolute atomic E-state index is 0.0327. The molecule has 3 unspecified atom stereocenters. The van der Waals surface area contributed by atoms with Crippen LogP contribution < -0.4 is 15.0 Å². The van der Waals surface area contributed by atoms with E-state index in [9.17, 15) is 9.59 Å². The van der Waals surface area contributed by atoms with Crippen LogP contribution in [0.5, 0.6) is 5.75 Å². The number of fused-ring (bicyclic) bond motifs is 1. The van der Waals surface area contributed by atoms with Gasteiger partial charge in [-0.15, -0.1) is 0 Å². The predicted molar refractivity (Wildman–Crippen MR) is 122 cm³/mol. The van der Waals surface area contributed by atoms with E-state index in [2.05, 4.69) is 36.2 Å². The second kappa shape index (κ2) is 9.71. The second-order valence-corrected chi connectivity index (χ2v) is 8.70. The molecule has 0 saturated carbocycles. The van der Waals surface area contributed by atoms with E-state index in [0.717, 1.165) is 25.2 Å². The van der Waals surface area contributed by atoms with Gasteiger partial charge in [0.15, 0.2) is 6.10 Å². The Balaban J connectivity index is 1.30. The lowest BCUT2D eigenvalue weighted by molar-refractivity contribution is -0.128. The number of carbonyl (C=O) groups is 2. The first kappa shape index (κ1) is 22.3. The fraction of sp³-hybridized carbons (Fsp3) is 0.440. The molecule has 0 spiro atoms. The highest BCUT2D eigenvalue weighted by Gasteiger charge is 2.32. The number of hydrogen-bond acceptors (Lipinski definition) is 5. The Morgan fingerprint density at radius 2 is 1.66 bits per heavy atom. The molecule has 32 heavy (non-hydrogen) atoms. The van der Waals surface area contributed by atoms with E-state index in [4.69, 9.17) is 9.47 Å². The summed E-state index contributed by atoms with van der Waals surface area (Å²) in [5.74, 6) is 0.199. The van der Waals surface area contributed by atoms with Crippen LogP contribution in [0.15, 0.2) is 48.5 Å². The molecular formula is C25H31N3O4. The Morgan fingerprint density at radius 3 is 2.38 bits per heavy atom. The molecule has 0 aliphatic carbocycles. The number of carbonyl (C=O) groups excluding carboxylic acids is 2. The Bertz CT molecular complexity index is 952. The van der Waals surface area contributed by atoms with E-state index < -0.39 is 6.10 Å². The molecule has 2 heterocycles. The maximum Gasteiger partial charge on any atom is 0.268 e. The lowest BCUT2D eigenvalue weighted by atomic mass is 10.1. The highest BCUT2D eigenvalue weighted by molar-refractivity contribution is 6.03. The molecule has 1 fully saturated rings. The van der Waals surface area contributed by atoms with E-state index in [0.29, 0.717) is 18.0 Å². The summed E-state index contributed by atoms with van der Waals surface area (Å²) in [7, 11) is 0. The highest BCUT2D eigenvalue weighted by atomic mass is 16.5. The van der Waals surface area contributed by atoms with Crippen molar-refractivity contribution in [2.24, 2.45) is 0 Å². The molecule has 170 valence electrons. The third kappa shape index (κ3) is 5.29. The number of ether oxygens (including phenoxy) is 2. The average molecular weight is 438 g/mol. The largest absolute Gasteiger partial charge is 0.479 e. The van der Waals surface area contributed by atoms with Crippen molar-refractivity contribution in [1.29, 1.82) is 0 Å². The van der Waals surface area contributed by atoms with Crippen LogP contribution in [-0.2, 0) is 27.4 Å². The highest BCUT2D eigenvalue weighted by Crippen LogP contribution is 2.33. The van der Waals surface area contributed by atoms with Crippen molar-refractivity contribution >= 4 is 17.5 Å². The van der Waals surface area contributed by atoms with Crippen molar-refractivity contribution in [3.63, 3.8) is 0 Å². The van der Waals surface area contributed by atoms with Crippen molar-refractivity contribution in [2.75, 3.05) is 24.5 Å². The van der Waals surface area contributed by atoms with Crippen molar-refractivity contribution in [1.82, 2.24) is 10.2 Å². The van der Waals surface area contributed by atoms with Gasteiger partial charge in [0.1, 0.15) is 12.3 Å². The number of morpholine rings is 1. The normalized spacial score (nSPS) is 23.4. The number of para-hydroxylation sites is 2. The van der Waals surface area contributed by atoms with Crippen LogP contribution in [0.3, 0.4) is 0 Å². The van der Waals surface area contributed by atoms with Gasteiger partial charge in [0.25, 0.3) is 5.91 Å². The van der Waals surface area contributed by atoms with Crippen LogP contribution in [-0.4, -0.2) is 54.7 Å². The number of hydrogen-bond donors (Lipinski definition) is 1. The van der Waals surface area contributed by atoms with Crippen molar-refractivity contribution in [3.05, 3.63) is 59.7 Å². The van der Waals surface area contributed by atoms with Crippen LogP contribution in [0.25, 0.3) is 0 Å². The maximum atomic E-state index is 12.6. The van der Waals surface area contributed by atoms with Gasteiger partial charge in [0.05, 0.1) is 17.9 Å². The maximum absolute atomic E-state index is 12.6. The van der Waals surface area contributed by atoms with Crippen LogP contribution in [0, 0.1) is 0 Å². The Morgan fingerprint density at radius 1 is 1.00 bits per heavy atom. The van der Waals surface area contributed by atoms with Crippen LogP contribution in [0.4, 0.5) is 5.69 Å². The quantitative estimate of drug-likeness (QED) is 0.753. The molecule has 0 bridgehead atoms. The van der Waals surface area contributed by atoms with Crippen LogP contribution in [0.1, 0.15) is 31.9 Å². The van der Waals surface area contributed by atoms with Gasteiger partial charge < -0.3 is 14.8 Å². The molecule has 7 nitrogen and oxygen atoms in total. The molecule has 1 saturated heterocycles. The molecule has 2 aliphatic rings. The van der Waals surface area contributed by atoms with E-state index >= 15 is 0 Å². The van der Waals surface area contributed by atoms with Gasteiger partial charge in [-0.05, 0) is 44.0 Å². The summed E-state index contributed by atoms with van der Waals surface area (Å²) in [5, 5.41) is 2.92. The molecule has 1 N–H and O–H groups in total. The molecule has 2 amide bonds. The zero-order valence-corrected chi connectivity index (χ0v) is 18.9. The number of anilines is 1. The SMILES string of the molecule is CC1CN(Cc2ccc(CNC(=O)CN3C(=O)C(C)Oc4ccccc43)cc2)CC(C)O1. The van der Waals surface area contributed by atoms with Crippen molar-refractivity contribution in [2.45, 2.75) is 52.2 Å². The zero-order chi connectivity index (χ0) is 22.7. The Labute approximate surface area is 189 Å². The summed E-state index contributed by atoms with van der Waals surface area (Å²) in [6.07, 6.45) is -0.106. The lowest BCUT2D eigenvalue weighted by Crippen LogP contribution is -2.48. The summed E-state index contributed by atoms with van der Waals surface area (Å²) in [6, 6.07) is 15.6. The van der Waals surface area contributed by atoms with Gasteiger partial charge in [0, 0.05) is 26.2 Å². The third-order valence-corrected chi connectivity index (χ3v) is 5.79. The molecular weight excluding hydrogens is 406 g/mol. The first-order chi connectivity index (χ1) is 15.4. The third-order valence-electron chi connectivity index (χ3n) is 5.79. The summed E-state index contributed by atoms with van der Waals surface area (Å²) in [6.45, 7) is 9.06. The standard InChI is InChI=1S/C25H31N3O4/c1-17-13-27(14-18(2)31-17)15-21-10-8-20(9-11-21)12-26-24(29)16-28-22-6-4-5-7-23(22)32-19(3)25(28)30/h4-11,17-19H,12-16H2,1-3H3,(H,26,29). The van der Waals surface area contributed by atoms with Gasteiger partial charge in [-0.2, -0.15) is 0 Å². The molecule has 7 heteroatoms. The Hall–Kier alpha value is -2.90. The molecule has 4 rings (SSSR count). The van der Waals surface area contributed by atoms with Gasteiger partial charge in [0.2, 0.25) is 5.91 Å². The zero-order valence-electron chi connectivity index (χ0n) is 18.9. The monoisotopic (exact) mass is 437 g/mol. The number of rotatable bonds is 6. The Kier molecular flexibility index (Phi) is 6.77. The predicted octanol–water partition coefficient (Wildman–Crippen LogP) is 2.73. The van der Waals surface area contributed by atoms with Gasteiger partial charge in [-0.25, -0.2) is 0 Å². The van der Waals surface area contributed by atoms with Gasteiger partial charge in [-0.3, -0.25) is 19.4 Å². The fourth-order valence-electron chi connectivity index (χ4n) is 4.36. The molecule has 2 aliphatic heterocycles. The van der Waals surface area contributed by atoms with E-state index in [1.165, 1.54) is 10.5 Å². The first-order valence-corrected chi connectivity index (χ1v) is 11.2. The summed E-state index contributed by atoms with van der Waals surface area (Å²) in [4.78, 5) is 29.0. The first-order valence-electron chi connectivity index (χ1n) is 11.2. The molecule has 2 aromatic carbocycles. The second-order valence-electron chi connectivity index (χ2n) is 8.70. The van der Waals surface area contributed by atoms with Crippen LogP contribution >= 0.6 is 0 Å². The topological polar surface area (TPSA) is 71.1 Å². The van der Waals surface area contributed by atoms with Crippen molar-refractivity contribution < 1.29 is 19.1 Å². The fourth-order valence-corrected chi connectivity index (χ4v) is 4.36. The minimum atomic E-state index is -0.609. The van der Waals surface area contributed by atoms with Gasteiger partial charge in [-0.1, -0.05) is 36.4 Å². The smallest absolute Gasteiger partial charge is 0.268 e. The summed E-state index contributed by atoms with van der Waals surface area (Å²) >= 11 is 0. The lowest BCUT2D eigenvalue weighted by Gasteiger charge is -2.35. The molecule has 0 radical (unpaired) electrons. The number of amides is 2. The average Bonchev–Trinajstić information content (AvgIpc) is 2.76. The minimum Gasteiger partial charge on any atom is -0.479 e. The van der Waals surface area contributed by atoms with Crippen molar-refractivity contribution in [3.8, 4) is 5.75 Å². The van der Waals surface area contributed by atoms with E-state index in [-0.39, 0.29) is 30.6 Å². The molecule has 3 atom stereocenters. The summed E-state index contributed by atoms with van der Waals surface area (Å²) in [5.41, 5.74) is 2.89. The van der Waals surface area contributed by atoms with E-state index in [1.54, 1.807) is 13.0 Å². The van der Waals surface area contributed by atoms with Gasteiger partial charge >= 0.3 is 0 Å². The molecule has 0 aromatic heterocycles. The molecule has 2 aromatic rings. The number of benzene rings is 2. The number of nitrogens with one attached hydrogen (secondary N) is 1.